The zero-order valence-corrected chi connectivity index (χ0v) is 12.2. The largest absolute Gasteiger partial charge is 0.316 e. The van der Waals surface area contributed by atoms with Gasteiger partial charge in [-0.15, -0.1) is 0 Å². The van der Waals surface area contributed by atoms with Crippen molar-refractivity contribution < 1.29 is 0 Å². The van der Waals surface area contributed by atoms with Gasteiger partial charge in [0.25, 0.3) is 0 Å². The van der Waals surface area contributed by atoms with Crippen LogP contribution in [0.5, 0.6) is 0 Å². The van der Waals surface area contributed by atoms with Crippen molar-refractivity contribution in [3.8, 4) is 0 Å². The molecule has 0 bridgehead atoms. The number of nitrogens with one attached hydrogen (secondary N) is 1. The number of nitrogens with zero attached hydrogens (tertiary/aromatic N) is 1. The highest BCUT2D eigenvalue weighted by molar-refractivity contribution is 4.99. The van der Waals surface area contributed by atoms with Crippen LogP contribution in [0.1, 0.15) is 52.4 Å². The van der Waals surface area contributed by atoms with Gasteiger partial charge in [-0.1, -0.05) is 26.2 Å². The van der Waals surface area contributed by atoms with Crippen molar-refractivity contribution in [1.29, 1.82) is 0 Å². The van der Waals surface area contributed by atoms with Crippen LogP contribution in [0.3, 0.4) is 0 Å². The molecule has 0 radical (unpaired) electrons. The van der Waals surface area contributed by atoms with Crippen molar-refractivity contribution >= 4 is 0 Å². The number of fused-ring (bicyclic) bond motifs is 1. The van der Waals surface area contributed by atoms with Crippen molar-refractivity contribution in [2.45, 2.75) is 64.5 Å². The van der Waals surface area contributed by atoms with Crippen molar-refractivity contribution in [1.82, 2.24) is 10.2 Å². The van der Waals surface area contributed by atoms with E-state index in [4.69, 9.17) is 0 Å². The summed E-state index contributed by atoms with van der Waals surface area (Å²) >= 11 is 0. The zero-order chi connectivity index (χ0) is 12.5. The Morgan fingerprint density at radius 2 is 2.00 bits per heavy atom. The number of hydrogen-bond acceptors (Lipinski definition) is 2. The molecule has 3 rings (SSSR count). The van der Waals surface area contributed by atoms with E-state index in [2.05, 4.69) is 24.1 Å². The Labute approximate surface area is 113 Å². The molecular formula is C16H30N2. The first kappa shape index (κ1) is 12.9. The molecule has 2 saturated heterocycles. The lowest BCUT2D eigenvalue weighted by atomic mass is 9.95. The van der Waals surface area contributed by atoms with Crippen LogP contribution in [0.4, 0.5) is 0 Å². The van der Waals surface area contributed by atoms with E-state index < -0.39 is 0 Å². The number of hydrogen-bond donors (Lipinski definition) is 1. The highest BCUT2D eigenvalue weighted by atomic mass is 15.2. The molecule has 2 aliphatic heterocycles. The van der Waals surface area contributed by atoms with Gasteiger partial charge < -0.3 is 5.32 Å². The first-order valence-corrected chi connectivity index (χ1v) is 8.26. The summed E-state index contributed by atoms with van der Waals surface area (Å²) in [4.78, 5) is 2.88. The molecule has 1 saturated carbocycles. The second kappa shape index (κ2) is 5.50. The van der Waals surface area contributed by atoms with Crippen molar-refractivity contribution in [2.24, 2.45) is 17.8 Å². The minimum atomic E-state index is 0.827. The Morgan fingerprint density at radius 1 is 1.11 bits per heavy atom. The van der Waals surface area contributed by atoms with Crippen LogP contribution in [0.25, 0.3) is 0 Å². The third-order valence-corrected chi connectivity index (χ3v) is 6.08. The van der Waals surface area contributed by atoms with E-state index in [0.29, 0.717) is 0 Å². The Balaban J connectivity index is 1.61. The van der Waals surface area contributed by atoms with Crippen LogP contribution < -0.4 is 5.32 Å². The summed E-state index contributed by atoms with van der Waals surface area (Å²) in [5.74, 6) is 2.91. The quantitative estimate of drug-likeness (QED) is 0.758. The molecule has 0 aromatic heterocycles. The molecule has 3 aliphatic rings. The fourth-order valence-corrected chi connectivity index (χ4v) is 4.78. The van der Waals surface area contributed by atoms with Gasteiger partial charge in [-0.05, 0) is 57.0 Å². The fraction of sp³-hybridized carbons (Fsp3) is 1.00. The second-order valence-corrected chi connectivity index (χ2v) is 6.96. The van der Waals surface area contributed by atoms with E-state index in [1.54, 1.807) is 0 Å². The standard InChI is InChI=1S/C16H30N2/c1-3-13-5-4-6-15(8-7-13)18-11-14-9-17-10-16(14)12(18)2/h12-17H,3-11H2,1-2H3. The monoisotopic (exact) mass is 250 g/mol. The second-order valence-electron chi connectivity index (χ2n) is 6.96. The molecule has 5 atom stereocenters. The molecule has 1 aliphatic carbocycles. The maximum absolute atomic E-state index is 3.58. The Morgan fingerprint density at radius 3 is 2.78 bits per heavy atom. The van der Waals surface area contributed by atoms with E-state index in [1.165, 1.54) is 58.2 Å². The Bertz CT molecular complexity index is 278. The summed E-state index contributed by atoms with van der Waals surface area (Å²) in [7, 11) is 0. The van der Waals surface area contributed by atoms with Crippen molar-refractivity contribution in [3.05, 3.63) is 0 Å². The fourth-order valence-electron chi connectivity index (χ4n) is 4.78. The summed E-state index contributed by atoms with van der Waals surface area (Å²) in [6.07, 6.45) is 8.78. The van der Waals surface area contributed by atoms with Crippen LogP contribution in [-0.2, 0) is 0 Å². The molecule has 18 heavy (non-hydrogen) atoms. The maximum atomic E-state index is 3.58. The average molecular weight is 250 g/mol. The number of rotatable bonds is 2. The van der Waals surface area contributed by atoms with Crippen LogP contribution in [0, 0.1) is 17.8 Å². The highest BCUT2D eigenvalue weighted by Crippen LogP contribution is 2.37. The van der Waals surface area contributed by atoms with Crippen LogP contribution in [0.15, 0.2) is 0 Å². The third-order valence-electron chi connectivity index (χ3n) is 6.08. The minimum absolute atomic E-state index is 0.827. The Kier molecular flexibility index (Phi) is 3.95. The zero-order valence-electron chi connectivity index (χ0n) is 12.2. The first-order chi connectivity index (χ1) is 8.79. The van der Waals surface area contributed by atoms with Gasteiger partial charge in [0.1, 0.15) is 0 Å². The van der Waals surface area contributed by atoms with Crippen LogP contribution >= 0.6 is 0 Å². The smallest absolute Gasteiger partial charge is 0.0114 e. The molecule has 0 amide bonds. The Hall–Kier alpha value is -0.0800. The van der Waals surface area contributed by atoms with Gasteiger partial charge in [-0.2, -0.15) is 0 Å². The summed E-state index contributed by atoms with van der Waals surface area (Å²) in [5.41, 5.74) is 0. The molecule has 5 unspecified atom stereocenters. The van der Waals surface area contributed by atoms with Gasteiger partial charge in [0.05, 0.1) is 0 Å². The van der Waals surface area contributed by atoms with Gasteiger partial charge in [0.2, 0.25) is 0 Å². The van der Waals surface area contributed by atoms with Crippen LogP contribution in [0.2, 0.25) is 0 Å². The first-order valence-electron chi connectivity index (χ1n) is 8.26. The normalized spacial score (nSPS) is 46.0. The summed E-state index contributed by atoms with van der Waals surface area (Å²) in [6.45, 7) is 8.78. The molecule has 104 valence electrons. The molecule has 2 heteroatoms. The minimum Gasteiger partial charge on any atom is -0.316 e. The molecule has 3 fully saturated rings. The molecule has 2 nitrogen and oxygen atoms in total. The van der Waals surface area contributed by atoms with E-state index in [-0.39, 0.29) is 0 Å². The molecule has 0 spiro atoms. The lowest BCUT2D eigenvalue weighted by Gasteiger charge is -2.32. The number of likely N-dealkylation sites (tertiary alicyclic amines) is 1. The van der Waals surface area contributed by atoms with Gasteiger partial charge in [0.15, 0.2) is 0 Å². The van der Waals surface area contributed by atoms with Gasteiger partial charge in [-0.3, -0.25) is 4.90 Å². The average Bonchev–Trinajstić information content (AvgIpc) is 2.86. The topological polar surface area (TPSA) is 15.3 Å². The lowest BCUT2D eigenvalue weighted by molar-refractivity contribution is 0.153. The van der Waals surface area contributed by atoms with Gasteiger partial charge in [-0.25, -0.2) is 0 Å². The van der Waals surface area contributed by atoms with Crippen molar-refractivity contribution in [3.63, 3.8) is 0 Å². The van der Waals surface area contributed by atoms with Gasteiger partial charge in [0, 0.05) is 18.6 Å². The predicted octanol–water partition coefficient (Wildman–Crippen LogP) is 2.89. The molecule has 1 N–H and O–H groups in total. The molecule has 2 heterocycles. The molecular weight excluding hydrogens is 220 g/mol. The summed E-state index contributed by atoms with van der Waals surface area (Å²) in [6, 6.07) is 1.73. The summed E-state index contributed by atoms with van der Waals surface area (Å²) in [5, 5.41) is 3.58. The van der Waals surface area contributed by atoms with E-state index in [1.807, 2.05) is 0 Å². The van der Waals surface area contributed by atoms with E-state index in [9.17, 15) is 0 Å². The predicted molar refractivity (Wildman–Crippen MR) is 76.7 cm³/mol. The summed E-state index contributed by atoms with van der Waals surface area (Å²) < 4.78 is 0. The maximum Gasteiger partial charge on any atom is 0.0114 e. The molecule has 0 aromatic rings. The highest BCUT2D eigenvalue weighted by Gasteiger charge is 2.44. The van der Waals surface area contributed by atoms with Gasteiger partial charge >= 0.3 is 0 Å². The van der Waals surface area contributed by atoms with Crippen LogP contribution in [-0.4, -0.2) is 36.6 Å². The molecule has 0 aromatic carbocycles. The van der Waals surface area contributed by atoms with E-state index >= 15 is 0 Å². The van der Waals surface area contributed by atoms with E-state index in [0.717, 1.165) is 29.8 Å². The van der Waals surface area contributed by atoms with Crippen molar-refractivity contribution in [2.75, 3.05) is 19.6 Å². The SMILES string of the molecule is CCC1CCCC(N2CC3CNCC3C2C)CC1. The third kappa shape index (κ3) is 2.34. The lowest BCUT2D eigenvalue weighted by Crippen LogP contribution is -2.40.